The van der Waals surface area contributed by atoms with E-state index in [0.29, 0.717) is 34.5 Å². The number of fused-ring (bicyclic) bond motifs is 1. The lowest BCUT2D eigenvalue weighted by Gasteiger charge is -2.15. The van der Waals surface area contributed by atoms with Gasteiger partial charge in [0, 0.05) is 17.9 Å². The van der Waals surface area contributed by atoms with Gasteiger partial charge in [0.05, 0.1) is 30.8 Å². The predicted molar refractivity (Wildman–Crippen MR) is 122 cm³/mol. The summed E-state index contributed by atoms with van der Waals surface area (Å²) in [6.45, 7) is 5.01. The van der Waals surface area contributed by atoms with Crippen molar-refractivity contribution in [2.45, 2.75) is 26.8 Å². The summed E-state index contributed by atoms with van der Waals surface area (Å²) in [6, 6.07) is 6.42. The maximum Gasteiger partial charge on any atom is 0.264 e. The lowest BCUT2D eigenvalue weighted by molar-refractivity contribution is 0.385. The Morgan fingerprint density at radius 3 is 2.53 bits per heavy atom. The molecule has 0 amide bonds. The number of aromatic nitrogens is 5. The minimum Gasteiger partial charge on any atom is -0.494 e. The Labute approximate surface area is 195 Å². The minimum absolute atomic E-state index is 0.201. The second kappa shape index (κ2) is 10.5. The Kier molecular flexibility index (Phi) is 7.68. The number of hydrogen-bond donors (Lipinski definition) is 2. The van der Waals surface area contributed by atoms with Gasteiger partial charge in [0.15, 0.2) is 5.82 Å². The maximum absolute atomic E-state index is 13.2. The summed E-state index contributed by atoms with van der Waals surface area (Å²) < 4.78 is 50.7. The average Bonchev–Trinajstić information content (AvgIpc) is 3.25. The van der Waals surface area contributed by atoms with Crippen molar-refractivity contribution in [3.05, 3.63) is 54.3 Å². The number of ether oxygens (including phenoxy) is 1. The zero-order valence-electron chi connectivity index (χ0n) is 18.9. The van der Waals surface area contributed by atoms with Gasteiger partial charge in [-0.05, 0) is 38.1 Å². The molecule has 0 spiro atoms. The maximum atomic E-state index is 13.2. The molecule has 4 aromatic rings. The molecule has 180 valence electrons. The fourth-order valence-electron chi connectivity index (χ4n) is 2.86. The van der Waals surface area contributed by atoms with Gasteiger partial charge in [0.1, 0.15) is 29.2 Å². The van der Waals surface area contributed by atoms with E-state index in [1.54, 1.807) is 20.1 Å². The molecule has 1 atom stereocenters. The topological polar surface area (TPSA) is 153 Å². The normalized spacial score (nSPS) is 12.1. The summed E-state index contributed by atoms with van der Waals surface area (Å²) in [6.07, 6.45) is 2.63. The van der Waals surface area contributed by atoms with Crippen LogP contribution in [0.25, 0.3) is 22.2 Å². The molecular weight excluding hydrogens is 467 g/mol. The number of pyridine rings is 1. The molecule has 1 unspecified atom stereocenters. The predicted octanol–water partition coefficient (Wildman–Crippen LogP) is 3.60. The van der Waals surface area contributed by atoms with Crippen LogP contribution in [-0.4, -0.2) is 50.9 Å². The van der Waals surface area contributed by atoms with Crippen molar-refractivity contribution in [1.29, 1.82) is 0 Å². The molecule has 0 aliphatic rings. The number of rotatable bonds is 6. The van der Waals surface area contributed by atoms with E-state index in [-0.39, 0.29) is 11.8 Å². The Morgan fingerprint density at radius 2 is 1.97 bits per heavy atom. The van der Waals surface area contributed by atoms with Gasteiger partial charge in [-0.25, -0.2) is 14.4 Å². The molecule has 0 radical (unpaired) electrons. The zero-order valence-corrected chi connectivity index (χ0v) is 19.7. The Bertz CT molecular complexity index is 1380. The third kappa shape index (κ3) is 6.20. The third-order valence-corrected chi connectivity index (χ3v) is 5.33. The van der Waals surface area contributed by atoms with Crippen LogP contribution in [-0.2, 0) is 10.1 Å². The summed E-state index contributed by atoms with van der Waals surface area (Å²) in [5.74, 6) is 1.56. The zero-order chi connectivity index (χ0) is 24.9. The molecule has 1 aromatic carbocycles. The summed E-state index contributed by atoms with van der Waals surface area (Å²) in [4.78, 5) is 17.1. The van der Waals surface area contributed by atoms with Crippen molar-refractivity contribution in [3.8, 4) is 17.0 Å². The number of nitrogens with one attached hydrogen (secondary N) is 1. The largest absolute Gasteiger partial charge is 0.494 e. The highest BCUT2D eigenvalue weighted by atomic mass is 32.2. The number of hydrogen-bond acceptors (Lipinski definition) is 10. The first kappa shape index (κ1) is 24.9. The number of benzene rings is 1. The van der Waals surface area contributed by atoms with Crippen LogP contribution in [0.4, 0.5) is 10.2 Å². The van der Waals surface area contributed by atoms with E-state index in [2.05, 4.69) is 30.4 Å². The molecule has 3 aromatic heterocycles. The smallest absolute Gasteiger partial charge is 0.264 e. The standard InChI is InChI=1S/C19H17FN6O2.C2H6O3S/c1-10(18-25-11(2)28-26-18)24-19-14-6-12(15-5-4-13(20)8-21-15)7-16(27-3)17(14)22-9-23-19;1-2-6(3,4)5/h4-10H,1-3H3,(H,22,23,24);2H2,1H3,(H,3,4,5). The Balaban J connectivity index is 0.000000481. The monoisotopic (exact) mass is 490 g/mol. The molecule has 0 fully saturated rings. The van der Waals surface area contributed by atoms with Crippen LogP contribution in [0, 0.1) is 12.7 Å². The summed E-state index contributed by atoms with van der Waals surface area (Å²) in [7, 11) is -2.10. The van der Waals surface area contributed by atoms with Crippen LogP contribution in [0.1, 0.15) is 31.6 Å². The van der Waals surface area contributed by atoms with Gasteiger partial charge in [-0.2, -0.15) is 13.4 Å². The third-order valence-electron chi connectivity index (χ3n) is 4.60. The van der Waals surface area contributed by atoms with Gasteiger partial charge >= 0.3 is 0 Å². The van der Waals surface area contributed by atoms with Crippen molar-refractivity contribution >= 4 is 26.8 Å². The quantitative estimate of drug-likeness (QED) is 0.381. The molecule has 34 heavy (non-hydrogen) atoms. The second-order valence-electron chi connectivity index (χ2n) is 7.07. The molecule has 4 rings (SSSR count). The highest BCUT2D eigenvalue weighted by Gasteiger charge is 2.17. The van der Waals surface area contributed by atoms with E-state index >= 15 is 0 Å². The number of methoxy groups -OCH3 is 1. The van der Waals surface area contributed by atoms with E-state index in [4.69, 9.17) is 13.8 Å². The first-order valence-corrected chi connectivity index (χ1v) is 11.7. The highest BCUT2D eigenvalue weighted by molar-refractivity contribution is 7.85. The number of anilines is 1. The first-order valence-electron chi connectivity index (χ1n) is 10.1. The summed E-state index contributed by atoms with van der Waals surface area (Å²) in [5.41, 5.74) is 2.01. The molecule has 2 N–H and O–H groups in total. The van der Waals surface area contributed by atoms with Crippen molar-refractivity contribution in [1.82, 2.24) is 25.1 Å². The molecule has 0 bridgehead atoms. The molecule has 3 heterocycles. The number of nitrogens with zero attached hydrogens (tertiary/aromatic N) is 5. The number of halogens is 1. The van der Waals surface area contributed by atoms with E-state index in [9.17, 15) is 12.8 Å². The summed E-state index contributed by atoms with van der Waals surface area (Å²) >= 11 is 0. The fraction of sp³-hybridized carbons (Fsp3) is 0.286. The van der Waals surface area contributed by atoms with E-state index in [1.165, 1.54) is 25.5 Å². The van der Waals surface area contributed by atoms with Gasteiger partial charge in [-0.15, -0.1) is 0 Å². The molecule has 0 saturated carbocycles. The molecule has 0 aliphatic heterocycles. The van der Waals surface area contributed by atoms with Crippen LogP contribution in [0.5, 0.6) is 5.75 Å². The fourth-order valence-corrected chi connectivity index (χ4v) is 2.86. The Morgan fingerprint density at radius 1 is 1.24 bits per heavy atom. The highest BCUT2D eigenvalue weighted by Crippen LogP contribution is 2.34. The van der Waals surface area contributed by atoms with Gasteiger partial charge in [-0.3, -0.25) is 9.54 Å². The minimum atomic E-state index is -3.66. The van der Waals surface area contributed by atoms with Crippen LogP contribution in [0.15, 0.2) is 41.3 Å². The van der Waals surface area contributed by atoms with Crippen molar-refractivity contribution in [2.75, 3.05) is 18.2 Å². The van der Waals surface area contributed by atoms with Gasteiger partial charge in [-0.1, -0.05) is 5.16 Å². The van der Waals surface area contributed by atoms with Crippen molar-refractivity contribution < 1.29 is 26.6 Å². The van der Waals surface area contributed by atoms with Crippen molar-refractivity contribution in [2.24, 2.45) is 0 Å². The second-order valence-corrected chi connectivity index (χ2v) is 8.81. The molecular formula is C21H23FN6O5S. The Hall–Kier alpha value is -3.71. The van der Waals surface area contributed by atoms with Crippen LogP contribution < -0.4 is 10.1 Å². The van der Waals surface area contributed by atoms with Gasteiger partial charge in [0.2, 0.25) is 5.89 Å². The van der Waals surface area contributed by atoms with Crippen LogP contribution >= 0.6 is 0 Å². The average molecular weight is 491 g/mol. The molecule has 0 saturated heterocycles. The van der Waals surface area contributed by atoms with E-state index < -0.39 is 15.9 Å². The lowest BCUT2D eigenvalue weighted by Crippen LogP contribution is -2.10. The van der Waals surface area contributed by atoms with Gasteiger partial charge < -0.3 is 14.6 Å². The van der Waals surface area contributed by atoms with E-state index in [0.717, 1.165) is 10.9 Å². The molecule has 11 nitrogen and oxygen atoms in total. The summed E-state index contributed by atoms with van der Waals surface area (Å²) in [5, 5.41) is 7.95. The SMILES string of the molecule is CCS(=O)(=O)O.COc1cc(-c2ccc(F)cn2)cc2c(NC(C)c3noc(C)n3)ncnc12. The van der Waals surface area contributed by atoms with Crippen molar-refractivity contribution in [3.63, 3.8) is 0 Å². The molecule has 0 aliphatic carbocycles. The van der Waals surface area contributed by atoms with Crippen LogP contribution in [0.3, 0.4) is 0 Å². The van der Waals surface area contributed by atoms with Crippen LogP contribution in [0.2, 0.25) is 0 Å². The number of aryl methyl sites for hydroxylation is 1. The van der Waals surface area contributed by atoms with E-state index in [1.807, 2.05) is 19.1 Å². The lowest BCUT2D eigenvalue weighted by atomic mass is 10.1. The first-order chi connectivity index (χ1) is 16.1. The van der Waals surface area contributed by atoms with Gasteiger partial charge in [0.25, 0.3) is 10.1 Å². The molecule has 13 heteroatoms.